The van der Waals surface area contributed by atoms with Gasteiger partial charge in [0, 0.05) is 12.1 Å². The van der Waals surface area contributed by atoms with Gasteiger partial charge in [0.05, 0.1) is 5.69 Å². The summed E-state index contributed by atoms with van der Waals surface area (Å²) < 4.78 is 27.8. The molecule has 0 unspecified atom stereocenters. The number of anilines is 1. The molecule has 0 spiro atoms. The van der Waals surface area contributed by atoms with E-state index in [2.05, 4.69) is 10.0 Å². The standard InChI is InChI=1S/C14H24N2O2S/c1-5-14(4,6-2)16-19(17,18)13-11-9-8-10-12(13)15-7-3/h8-11,15-16H,5-7H2,1-4H3. The van der Waals surface area contributed by atoms with Crippen molar-refractivity contribution < 1.29 is 8.42 Å². The van der Waals surface area contributed by atoms with Gasteiger partial charge in [-0.1, -0.05) is 26.0 Å². The molecule has 0 aromatic heterocycles. The van der Waals surface area contributed by atoms with Crippen LogP contribution in [-0.2, 0) is 10.0 Å². The lowest BCUT2D eigenvalue weighted by Crippen LogP contribution is -2.44. The maximum Gasteiger partial charge on any atom is 0.243 e. The molecule has 4 nitrogen and oxygen atoms in total. The maximum atomic E-state index is 12.5. The van der Waals surface area contributed by atoms with E-state index < -0.39 is 15.6 Å². The monoisotopic (exact) mass is 284 g/mol. The van der Waals surface area contributed by atoms with Crippen molar-refractivity contribution in [2.24, 2.45) is 0 Å². The summed E-state index contributed by atoms with van der Waals surface area (Å²) in [5.41, 5.74) is 0.241. The number of hydrogen-bond donors (Lipinski definition) is 2. The molecule has 0 bridgehead atoms. The second kappa shape index (κ2) is 6.39. The fourth-order valence-corrected chi connectivity index (χ4v) is 3.55. The van der Waals surface area contributed by atoms with Crippen molar-refractivity contribution in [1.82, 2.24) is 4.72 Å². The van der Waals surface area contributed by atoms with E-state index >= 15 is 0 Å². The van der Waals surface area contributed by atoms with Crippen molar-refractivity contribution >= 4 is 15.7 Å². The van der Waals surface area contributed by atoms with Gasteiger partial charge in [0.15, 0.2) is 0 Å². The highest BCUT2D eigenvalue weighted by atomic mass is 32.2. The van der Waals surface area contributed by atoms with Crippen molar-refractivity contribution in [1.29, 1.82) is 0 Å². The summed E-state index contributed by atoms with van der Waals surface area (Å²) in [7, 11) is -3.51. The maximum absolute atomic E-state index is 12.5. The molecule has 0 radical (unpaired) electrons. The van der Waals surface area contributed by atoms with Gasteiger partial charge < -0.3 is 5.32 Å². The molecule has 0 heterocycles. The molecular formula is C14H24N2O2S. The topological polar surface area (TPSA) is 58.2 Å². The summed E-state index contributed by atoms with van der Waals surface area (Å²) >= 11 is 0. The lowest BCUT2D eigenvalue weighted by molar-refractivity contribution is 0.389. The number of sulfonamides is 1. The minimum absolute atomic E-state index is 0.310. The molecule has 2 N–H and O–H groups in total. The van der Waals surface area contributed by atoms with Gasteiger partial charge in [0.1, 0.15) is 4.90 Å². The minimum Gasteiger partial charge on any atom is -0.384 e. The molecule has 0 saturated heterocycles. The number of nitrogens with one attached hydrogen (secondary N) is 2. The van der Waals surface area contributed by atoms with Crippen LogP contribution in [0.2, 0.25) is 0 Å². The van der Waals surface area contributed by atoms with Gasteiger partial charge >= 0.3 is 0 Å². The molecule has 0 aliphatic heterocycles. The van der Waals surface area contributed by atoms with E-state index in [4.69, 9.17) is 0 Å². The Labute approximate surface area is 116 Å². The molecule has 1 aromatic carbocycles. The largest absolute Gasteiger partial charge is 0.384 e. The van der Waals surface area contributed by atoms with E-state index in [9.17, 15) is 8.42 Å². The first-order chi connectivity index (χ1) is 8.88. The summed E-state index contributed by atoms with van der Waals surface area (Å²) in [5.74, 6) is 0. The van der Waals surface area contributed by atoms with Gasteiger partial charge in [-0.05, 0) is 38.8 Å². The smallest absolute Gasteiger partial charge is 0.243 e. The van der Waals surface area contributed by atoms with Crippen LogP contribution >= 0.6 is 0 Å². The summed E-state index contributed by atoms with van der Waals surface area (Å²) in [5, 5.41) is 3.08. The van der Waals surface area contributed by atoms with E-state index in [-0.39, 0.29) is 0 Å². The van der Waals surface area contributed by atoms with Crippen LogP contribution in [0, 0.1) is 0 Å². The van der Waals surface area contributed by atoms with Crippen LogP contribution in [0.25, 0.3) is 0 Å². The van der Waals surface area contributed by atoms with Gasteiger partial charge in [0.25, 0.3) is 0 Å². The zero-order valence-corrected chi connectivity index (χ0v) is 13.0. The average molecular weight is 284 g/mol. The molecule has 5 heteroatoms. The third-order valence-electron chi connectivity index (χ3n) is 3.49. The Morgan fingerprint density at radius 2 is 1.68 bits per heavy atom. The Morgan fingerprint density at radius 1 is 1.11 bits per heavy atom. The van der Waals surface area contributed by atoms with Crippen LogP contribution in [-0.4, -0.2) is 20.5 Å². The second-order valence-electron chi connectivity index (χ2n) is 4.90. The van der Waals surface area contributed by atoms with Crippen molar-refractivity contribution in [3.8, 4) is 0 Å². The highest BCUT2D eigenvalue weighted by Crippen LogP contribution is 2.24. The van der Waals surface area contributed by atoms with Crippen LogP contribution in [0.5, 0.6) is 0 Å². The van der Waals surface area contributed by atoms with Gasteiger partial charge in [-0.25, -0.2) is 13.1 Å². The zero-order chi connectivity index (χ0) is 14.5. The first-order valence-corrected chi connectivity index (χ1v) is 8.23. The van der Waals surface area contributed by atoms with E-state index in [0.29, 0.717) is 17.1 Å². The number of hydrogen-bond acceptors (Lipinski definition) is 3. The van der Waals surface area contributed by atoms with Crippen LogP contribution < -0.4 is 10.0 Å². The Bertz CT molecular complexity index is 508. The summed E-state index contributed by atoms with van der Waals surface area (Å²) in [6.45, 7) is 8.54. The minimum atomic E-state index is -3.51. The summed E-state index contributed by atoms with van der Waals surface area (Å²) in [6.07, 6.45) is 1.51. The van der Waals surface area contributed by atoms with Gasteiger partial charge in [-0.15, -0.1) is 0 Å². The highest BCUT2D eigenvalue weighted by molar-refractivity contribution is 7.89. The van der Waals surface area contributed by atoms with Crippen LogP contribution in [0.4, 0.5) is 5.69 Å². The van der Waals surface area contributed by atoms with Crippen molar-refractivity contribution in [3.63, 3.8) is 0 Å². The molecule has 0 fully saturated rings. The Kier molecular flexibility index (Phi) is 5.38. The normalized spacial score (nSPS) is 12.4. The van der Waals surface area contributed by atoms with Crippen molar-refractivity contribution in [2.45, 2.75) is 51.0 Å². The fraction of sp³-hybridized carbons (Fsp3) is 0.571. The van der Waals surface area contributed by atoms with Crippen LogP contribution in [0.15, 0.2) is 29.2 Å². The first-order valence-electron chi connectivity index (χ1n) is 6.75. The first kappa shape index (κ1) is 16.0. The van der Waals surface area contributed by atoms with E-state index in [0.717, 1.165) is 12.8 Å². The molecule has 1 rings (SSSR count). The lowest BCUT2D eigenvalue weighted by atomic mass is 9.98. The van der Waals surface area contributed by atoms with Gasteiger partial charge in [0.2, 0.25) is 10.0 Å². The fourth-order valence-electron chi connectivity index (χ4n) is 1.81. The highest BCUT2D eigenvalue weighted by Gasteiger charge is 2.28. The van der Waals surface area contributed by atoms with Crippen molar-refractivity contribution in [2.75, 3.05) is 11.9 Å². The Hall–Kier alpha value is -1.07. The Morgan fingerprint density at radius 3 is 2.21 bits per heavy atom. The SMILES string of the molecule is CCNc1ccccc1S(=O)(=O)NC(C)(CC)CC. The molecule has 0 atom stereocenters. The van der Waals surface area contributed by atoms with Crippen molar-refractivity contribution in [3.05, 3.63) is 24.3 Å². The average Bonchev–Trinajstić information content (AvgIpc) is 2.39. The molecule has 0 amide bonds. The number of para-hydroxylation sites is 1. The summed E-state index contributed by atoms with van der Waals surface area (Å²) in [4.78, 5) is 0.310. The quantitative estimate of drug-likeness (QED) is 0.809. The predicted molar refractivity (Wildman–Crippen MR) is 79.9 cm³/mol. The van der Waals surface area contributed by atoms with E-state index in [1.165, 1.54) is 0 Å². The predicted octanol–water partition coefficient (Wildman–Crippen LogP) is 2.98. The third kappa shape index (κ3) is 3.94. The lowest BCUT2D eigenvalue weighted by Gasteiger charge is -2.28. The zero-order valence-electron chi connectivity index (χ0n) is 12.2. The molecule has 108 valence electrons. The van der Waals surface area contributed by atoms with Crippen LogP contribution in [0.1, 0.15) is 40.5 Å². The van der Waals surface area contributed by atoms with E-state index in [1.807, 2.05) is 33.8 Å². The van der Waals surface area contributed by atoms with Gasteiger partial charge in [-0.2, -0.15) is 0 Å². The molecule has 0 aliphatic carbocycles. The van der Waals surface area contributed by atoms with Crippen LogP contribution in [0.3, 0.4) is 0 Å². The molecule has 19 heavy (non-hydrogen) atoms. The third-order valence-corrected chi connectivity index (χ3v) is 5.18. The number of benzene rings is 1. The molecule has 1 aromatic rings. The molecule has 0 aliphatic rings. The summed E-state index contributed by atoms with van der Waals surface area (Å²) in [6, 6.07) is 6.99. The number of rotatable bonds is 7. The molecular weight excluding hydrogens is 260 g/mol. The Balaban J connectivity index is 3.14. The molecule has 0 saturated carbocycles. The van der Waals surface area contributed by atoms with E-state index in [1.54, 1.807) is 18.2 Å². The van der Waals surface area contributed by atoms with Gasteiger partial charge in [-0.3, -0.25) is 0 Å². The second-order valence-corrected chi connectivity index (χ2v) is 6.55.